The number of para-hydroxylation sites is 1. The van der Waals surface area contributed by atoms with Crippen molar-refractivity contribution < 1.29 is 14.4 Å². The number of hydrogen-bond acceptors (Lipinski definition) is 6. The van der Waals surface area contributed by atoms with Gasteiger partial charge < -0.3 is 14.8 Å². The lowest BCUT2D eigenvalue weighted by Crippen LogP contribution is -2.23. The van der Waals surface area contributed by atoms with Crippen molar-refractivity contribution in [3.8, 4) is 11.5 Å². The van der Waals surface area contributed by atoms with Crippen molar-refractivity contribution >= 4 is 34.9 Å². The van der Waals surface area contributed by atoms with Gasteiger partial charge in [-0.05, 0) is 36.0 Å². The van der Waals surface area contributed by atoms with E-state index in [9.17, 15) is 10.1 Å². The zero-order chi connectivity index (χ0) is 22.1. The molecule has 3 rings (SSSR count). The summed E-state index contributed by atoms with van der Waals surface area (Å²) in [5.41, 5.74) is 4.60. The minimum atomic E-state index is -0.519. The first-order valence-electron chi connectivity index (χ1n) is 9.25. The van der Waals surface area contributed by atoms with Crippen LogP contribution in [0.2, 0.25) is 0 Å². The van der Waals surface area contributed by atoms with E-state index in [0.29, 0.717) is 5.56 Å². The highest BCUT2D eigenvalue weighted by molar-refractivity contribution is 7.80. The maximum Gasteiger partial charge on any atom is 0.315 e. The third kappa shape index (κ3) is 6.25. The smallest absolute Gasteiger partial charge is 0.315 e. The van der Waals surface area contributed by atoms with E-state index in [2.05, 4.69) is 15.8 Å². The van der Waals surface area contributed by atoms with Crippen LogP contribution in [0.25, 0.3) is 0 Å². The van der Waals surface area contributed by atoms with Crippen LogP contribution in [0.5, 0.6) is 11.5 Å². The molecule has 0 heterocycles. The lowest BCUT2D eigenvalue weighted by Gasteiger charge is -2.12. The summed E-state index contributed by atoms with van der Waals surface area (Å²) in [5.74, 6) is 0.291. The maximum atomic E-state index is 11.6. The predicted octanol–water partition coefficient (Wildman–Crippen LogP) is 4.50. The van der Waals surface area contributed by atoms with Gasteiger partial charge in [-0.3, -0.25) is 15.5 Å². The Morgan fingerprint density at radius 3 is 2.45 bits per heavy atom. The predicted molar refractivity (Wildman–Crippen MR) is 124 cm³/mol. The van der Waals surface area contributed by atoms with Gasteiger partial charge in [0.15, 0.2) is 10.9 Å². The number of anilines is 1. The number of methoxy groups -OCH3 is 1. The van der Waals surface area contributed by atoms with Crippen LogP contribution < -0.4 is 20.2 Å². The van der Waals surface area contributed by atoms with E-state index in [1.807, 2.05) is 60.7 Å². The Labute approximate surface area is 184 Å². The van der Waals surface area contributed by atoms with Crippen LogP contribution in [-0.2, 0) is 6.61 Å². The molecule has 0 amide bonds. The molecule has 0 aliphatic carbocycles. The average molecular weight is 436 g/mol. The Bertz CT molecular complexity index is 1080. The summed E-state index contributed by atoms with van der Waals surface area (Å²) >= 11 is 5.18. The van der Waals surface area contributed by atoms with E-state index in [-0.39, 0.29) is 28.9 Å². The fraction of sp³-hybridized carbons (Fsp3) is 0.0909. The van der Waals surface area contributed by atoms with Gasteiger partial charge in [-0.25, -0.2) is 0 Å². The summed E-state index contributed by atoms with van der Waals surface area (Å²) < 4.78 is 11.0. The molecule has 0 atom stereocenters. The third-order valence-electron chi connectivity index (χ3n) is 4.11. The Balaban J connectivity index is 1.73. The van der Waals surface area contributed by atoms with Crippen LogP contribution in [0, 0.1) is 10.1 Å². The monoisotopic (exact) mass is 436 g/mol. The second-order valence-corrected chi connectivity index (χ2v) is 6.70. The van der Waals surface area contributed by atoms with E-state index in [0.717, 1.165) is 11.3 Å². The molecule has 2 N–H and O–H groups in total. The molecule has 0 aliphatic rings. The summed E-state index contributed by atoms with van der Waals surface area (Å²) in [5, 5.41) is 18.9. The van der Waals surface area contributed by atoms with Crippen molar-refractivity contribution in [2.45, 2.75) is 6.61 Å². The van der Waals surface area contributed by atoms with Crippen LogP contribution in [0.4, 0.5) is 11.4 Å². The maximum absolute atomic E-state index is 11.6. The molecule has 0 saturated heterocycles. The minimum absolute atomic E-state index is 0.0581. The molecule has 0 fully saturated rings. The largest absolute Gasteiger partial charge is 0.493 e. The average Bonchev–Trinajstić information content (AvgIpc) is 2.78. The fourth-order valence-corrected chi connectivity index (χ4v) is 2.86. The van der Waals surface area contributed by atoms with Crippen molar-refractivity contribution in [2.24, 2.45) is 5.10 Å². The molecular formula is C22H20N4O4S. The number of nitro benzene ring substituents is 1. The highest BCUT2D eigenvalue weighted by Gasteiger charge is 2.22. The van der Waals surface area contributed by atoms with E-state index >= 15 is 0 Å². The van der Waals surface area contributed by atoms with Gasteiger partial charge in [0.05, 0.1) is 18.2 Å². The lowest BCUT2D eigenvalue weighted by molar-refractivity contribution is -0.386. The summed E-state index contributed by atoms with van der Waals surface area (Å²) in [6.45, 7) is 0.173. The number of hydrogen-bond donors (Lipinski definition) is 2. The molecule has 31 heavy (non-hydrogen) atoms. The molecule has 8 nitrogen and oxygen atoms in total. The SMILES string of the molecule is COc1cc(/C=N/NC(=S)Nc2ccccc2)cc([N+](=O)[O-])c1OCc1ccccc1. The number of rotatable bonds is 8. The van der Waals surface area contributed by atoms with Crippen molar-refractivity contribution in [3.63, 3.8) is 0 Å². The summed E-state index contributed by atoms with van der Waals surface area (Å²) in [4.78, 5) is 11.1. The molecule has 3 aromatic carbocycles. The standard InChI is InChI=1S/C22H20N4O4S/c1-29-20-13-17(14-23-25-22(31)24-18-10-6-3-7-11-18)12-19(26(27)28)21(20)30-15-16-8-4-2-5-9-16/h2-14H,15H2,1H3,(H2,24,25,31)/b23-14+. The highest BCUT2D eigenvalue weighted by atomic mass is 32.1. The molecule has 158 valence electrons. The Hall–Kier alpha value is -3.98. The number of ether oxygens (including phenoxy) is 2. The van der Waals surface area contributed by atoms with E-state index < -0.39 is 4.92 Å². The quantitative estimate of drug-likeness (QED) is 0.232. The van der Waals surface area contributed by atoms with Crippen LogP contribution in [0.1, 0.15) is 11.1 Å². The van der Waals surface area contributed by atoms with Gasteiger partial charge in [-0.1, -0.05) is 48.5 Å². The molecule has 0 aromatic heterocycles. The van der Waals surface area contributed by atoms with Gasteiger partial charge in [0.25, 0.3) is 0 Å². The number of nitrogens with zero attached hydrogens (tertiary/aromatic N) is 2. The molecule has 0 spiro atoms. The van der Waals surface area contributed by atoms with Crippen LogP contribution in [-0.4, -0.2) is 23.4 Å². The highest BCUT2D eigenvalue weighted by Crippen LogP contribution is 2.38. The number of nitrogens with one attached hydrogen (secondary N) is 2. The number of benzene rings is 3. The first-order chi connectivity index (χ1) is 15.1. The van der Waals surface area contributed by atoms with Crippen molar-refractivity contribution in [2.75, 3.05) is 12.4 Å². The molecule has 0 radical (unpaired) electrons. The van der Waals surface area contributed by atoms with Gasteiger partial charge in [0, 0.05) is 17.3 Å². The van der Waals surface area contributed by atoms with Crippen LogP contribution >= 0.6 is 12.2 Å². The molecule has 0 bridgehead atoms. The molecule has 3 aromatic rings. The fourth-order valence-electron chi connectivity index (χ4n) is 2.69. The van der Waals surface area contributed by atoms with Gasteiger partial charge in [0.1, 0.15) is 6.61 Å². The summed E-state index contributed by atoms with van der Waals surface area (Å²) in [7, 11) is 1.42. The second kappa shape index (κ2) is 10.7. The normalized spacial score (nSPS) is 10.5. The molecule has 9 heteroatoms. The zero-order valence-electron chi connectivity index (χ0n) is 16.6. The molecule has 0 saturated carbocycles. The van der Waals surface area contributed by atoms with Gasteiger partial charge >= 0.3 is 5.69 Å². The summed E-state index contributed by atoms with van der Waals surface area (Å²) in [6, 6.07) is 21.7. The minimum Gasteiger partial charge on any atom is -0.493 e. The van der Waals surface area contributed by atoms with E-state index in [4.69, 9.17) is 21.7 Å². The van der Waals surface area contributed by atoms with Gasteiger partial charge in [0.2, 0.25) is 5.75 Å². The third-order valence-corrected chi connectivity index (χ3v) is 4.30. The van der Waals surface area contributed by atoms with E-state index in [1.54, 1.807) is 6.07 Å². The topological polar surface area (TPSA) is 98.0 Å². The van der Waals surface area contributed by atoms with Crippen molar-refractivity contribution in [1.82, 2.24) is 5.43 Å². The first-order valence-corrected chi connectivity index (χ1v) is 9.66. The van der Waals surface area contributed by atoms with Gasteiger partial charge in [-0.2, -0.15) is 5.10 Å². The van der Waals surface area contributed by atoms with Crippen LogP contribution in [0.3, 0.4) is 0 Å². The van der Waals surface area contributed by atoms with Gasteiger partial charge in [-0.15, -0.1) is 0 Å². The first kappa shape index (κ1) is 21.7. The van der Waals surface area contributed by atoms with E-state index in [1.165, 1.54) is 19.4 Å². The Kier molecular flexibility index (Phi) is 7.50. The Morgan fingerprint density at radius 2 is 1.81 bits per heavy atom. The molecule has 0 aliphatic heterocycles. The number of hydrazone groups is 1. The van der Waals surface area contributed by atoms with Crippen molar-refractivity contribution in [3.05, 3.63) is 94.0 Å². The number of nitro groups is 1. The summed E-state index contributed by atoms with van der Waals surface area (Å²) in [6.07, 6.45) is 1.41. The molecular weight excluding hydrogens is 416 g/mol. The number of thiocarbonyl (C=S) groups is 1. The Morgan fingerprint density at radius 1 is 1.13 bits per heavy atom. The zero-order valence-corrected chi connectivity index (χ0v) is 17.5. The van der Waals surface area contributed by atoms with Crippen molar-refractivity contribution in [1.29, 1.82) is 0 Å². The lowest BCUT2D eigenvalue weighted by atomic mass is 10.1. The second-order valence-electron chi connectivity index (χ2n) is 6.29. The molecule has 0 unspecified atom stereocenters. The van der Waals surface area contributed by atoms with Crippen LogP contribution in [0.15, 0.2) is 77.9 Å².